The van der Waals surface area contributed by atoms with Gasteiger partial charge in [0.2, 0.25) is 0 Å². The highest BCUT2D eigenvalue weighted by Gasteiger charge is 2.32. The molecule has 1 aromatic carbocycles. The van der Waals surface area contributed by atoms with Crippen molar-refractivity contribution >= 4 is 0 Å². The summed E-state index contributed by atoms with van der Waals surface area (Å²) in [5, 5.41) is 10.9. The minimum Gasteiger partial charge on any atom is -0.413 e. The first-order valence-electron chi connectivity index (χ1n) is 12.7. The Kier molecular flexibility index (Phi) is 9.40. The summed E-state index contributed by atoms with van der Waals surface area (Å²) >= 11 is 0. The van der Waals surface area contributed by atoms with Gasteiger partial charge in [0.05, 0.1) is 6.54 Å². The first-order chi connectivity index (χ1) is 19.5. The van der Waals surface area contributed by atoms with Crippen LogP contribution in [-0.4, -0.2) is 31.3 Å². The van der Waals surface area contributed by atoms with Crippen LogP contribution in [0.3, 0.4) is 0 Å². The van der Waals surface area contributed by atoms with E-state index in [1.165, 1.54) is 30.5 Å². The number of pyridine rings is 1. The molecule has 1 saturated carbocycles. The van der Waals surface area contributed by atoms with Crippen LogP contribution in [0.1, 0.15) is 67.2 Å². The zero-order valence-corrected chi connectivity index (χ0v) is 21.7. The standard InChI is InChI=1S/C20H18F5N5O3.C7H7F/c21-16(22)18-28-27-17(32-18)13-9-12(11-5-2-1-3-6-11)19(31)30(29-13)10-14-15(7-4-8-26-14)33-20(23,24)25;1-6-3-2-4-7(8)5-6/h4,7-9,11,16H,1-3,5-6,10H2;2-5H,1H3. The van der Waals surface area contributed by atoms with E-state index in [2.05, 4.69) is 25.0 Å². The fraction of sp³-hybridized carbons (Fsp3) is 0.370. The smallest absolute Gasteiger partial charge is 0.413 e. The molecule has 4 aromatic rings. The summed E-state index contributed by atoms with van der Waals surface area (Å²) < 4.78 is 86.2. The molecule has 8 nitrogen and oxygen atoms in total. The van der Waals surface area contributed by atoms with Crippen molar-refractivity contribution in [3.05, 3.63) is 87.5 Å². The highest BCUT2D eigenvalue weighted by molar-refractivity contribution is 5.47. The molecule has 1 aliphatic carbocycles. The maximum absolute atomic E-state index is 13.2. The van der Waals surface area contributed by atoms with E-state index in [9.17, 15) is 31.1 Å². The Hall–Kier alpha value is -4.23. The van der Waals surface area contributed by atoms with Crippen LogP contribution in [0.5, 0.6) is 5.75 Å². The van der Waals surface area contributed by atoms with Crippen LogP contribution in [0.4, 0.5) is 26.3 Å². The Balaban J connectivity index is 0.000000417. The molecule has 41 heavy (non-hydrogen) atoms. The fourth-order valence-corrected chi connectivity index (χ4v) is 4.41. The summed E-state index contributed by atoms with van der Waals surface area (Å²) in [7, 11) is 0. The number of hydrogen-bond acceptors (Lipinski definition) is 7. The molecule has 5 rings (SSSR count). The van der Waals surface area contributed by atoms with Gasteiger partial charge in [-0.3, -0.25) is 9.78 Å². The van der Waals surface area contributed by atoms with Crippen LogP contribution in [0.25, 0.3) is 11.6 Å². The number of aryl methyl sites for hydroxylation is 1. The van der Waals surface area contributed by atoms with Gasteiger partial charge in [0.25, 0.3) is 17.3 Å². The minimum atomic E-state index is -4.96. The number of rotatable bonds is 6. The molecule has 3 aromatic heterocycles. The van der Waals surface area contributed by atoms with Crippen molar-refractivity contribution < 1.29 is 35.5 Å². The lowest BCUT2D eigenvalue weighted by molar-refractivity contribution is -0.275. The molecule has 0 atom stereocenters. The number of ether oxygens (including phenoxy) is 1. The molecule has 1 aliphatic rings. The SMILES string of the molecule is Cc1cccc(F)c1.O=c1c(C2CCCCC2)cc(-c2nnc(C(F)F)o2)nn1Cc1ncccc1OC(F)(F)F. The molecular formula is C27H25F6N5O3. The van der Waals surface area contributed by atoms with Crippen LogP contribution >= 0.6 is 0 Å². The van der Waals surface area contributed by atoms with Gasteiger partial charge in [-0.25, -0.2) is 9.07 Å². The largest absolute Gasteiger partial charge is 0.573 e. The third kappa shape index (κ3) is 8.14. The van der Waals surface area contributed by atoms with E-state index in [0.29, 0.717) is 5.56 Å². The quantitative estimate of drug-likeness (QED) is 0.232. The number of nitrogens with zero attached hydrogens (tertiary/aromatic N) is 5. The Bertz CT molecular complexity index is 1500. The topological polar surface area (TPSA) is 95.9 Å². The summed E-state index contributed by atoms with van der Waals surface area (Å²) in [6, 6.07) is 10.2. The molecule has 0 saturated heterocycles. The normalized spacial score (nSPS) is 14.0. The first-order valence-corrected chi connectivity index (χ1v) is 12.7. The molecule has 0 unspecified atom stereocenters. The maximum atomic E-state index is 13.2. The minimum absolute atomic E-state index is 0.0382. The second-order valence-electron chi connectivity index (χ2n) is 9.32. The fourth-order valence-electron chi connectivity index (χ4n) is 4.41. The third-order valence-corrected chi connectivity index (χ3v) is 6.25. The van der Waals surface area contributed by atoms with Crippen LogP contribution in [0.15, 0.2) is 57.9 Å². The second kappa shape index (κ2) is 13.0. The molecule has 3 heterocycles. The van der Waals surface area contributed by atoms with Crippen LogP contribution in [0.2, 0.25) is 0 Å². The zero-order valence-electron chi connectivity index (χ0n) is 21.7. The van der Waals surface area contributed by atoms with Crippen molar-refractivity contribution in [3.8, 4) is 17.3 Å². The van der Waals surface area contributed by atoms with Gasteiger partial charge in [0.15, 0.2) is 5.75 Å². The average molecular weight is 582 g/mol. The third-order valence-electron chi connectivity index (χ3n) is 6.25. The van der Waals surface area contributed by atoms with Gasteiger partial charge in [0.1, 0.15) is 17.2 Å². The first kappa shape index (κ1) is 29.7. The number of alkyl halides is 5. The molecular weight excluding hydrogens is 556 g/mol. The predicted molar refractivity (Wildman–Crippen MR) is 134 cm³/mol. The van der Waals surface area contributed by atoms with Gasteiger partial charge in [-0.15, -0.1) is 23.4 Å². The molecule has 0 radical (unpaired) electrons. The molecule has 0 aliphatic heterocycles. The molecule has 0 bridgehead atoms. The van der Waals surface area contributed by atoms with Crippen LogP contribution in [0, 0.1) is 12.7 Å². The van der Waals surface area contributed by atoms with E-state index < -0.39 is 36.5 Å². The average Bonchev–Trinajstić information content (AvgIpc) is 3.42. The van der Waals surface area contributed by atoms with Crippen molar-refractivity contribution in [1.29, 1.82) is 0 Å². The summed E-state index contributed by atoms with van der Waals surface area (Å²) in [5.41, 5.74) is 0.567. The van der Waals surface area contributed by atoms with Gasteiger partial charge >= 0.3 is 12.8 Å². The molecule has 0 spiro atoms. The van der Waals surface area contributed by atoms with E-state index in [0.717, 1.165) is 48.4 Å². The summed E-state index contributed by atoms with van der Waals surface area (Å²) in [5.74, 6) is -2.10. The van der Waals surface area contributed by atoms with Crippen molar-refractivity contribution in [2.75, 3.05) is 0 Å². The van der Waals surface area contributed by atoms with E-state index in [-0.39, 0.29) is 29.0 Å². The number of hydrogen-bond donors (Lipinski definition) is 0. The lowest BCUT2D eigenvalue weighted by Crippen LogP contribution is -2.30. The Morgan fingerprint density at radius 2 is 1.83 bits per heavy atom. The summed E-state index contributed by atoms with van der Waals surface area (Å²) in [6.45, 7) is 1.41. The molecule has 218 valence electrons. The molecule has 1 fully saturated rings. The molecule has 14 heteroatoms. The lowest BCUT2D eigenvalue weighted by Gasteiger charge is -2.22. The van der Waals surface area contributed by atoms with Gasteiger partial charge in [-0.2, -0.15) is 13.9 Å². The lowest BCUT2D eigenvalue weighted by atomic mass is 9.84. The van der Waals surface area contributed by atoms with E-state index >= 15 is 0 Å². The van der Waals surface area contributed by atoms with Crippen LogP contribution < -0.4 is 10.3 Å². The van der Waals surface area contributed by atoms with Crippen molar-refractivity contribution in [2.45, 2.75) is 64.3 Å². The molecule has 0 amide bonds. The van der Waals surface area contributed by atoms with E-state index in [4.69, 9.17) is 4.42 Å². The van der Waals surface area contributed by atoms with Crippen molar-refractivity contribution in [2.24, 2.45) is 0 Å². The zero-order chi connectivity index (χ0) is 29.6. The van der Waals surface area contributed by atoms with Crippen LogP contribution in [-0.2, 0) is 6.54 Å². The Morgan fingerprint density at radius 3 is 2.44 bits per heavy atom. The van der Waals surface area contributed by atoms with Crippen molar-refractivity contribution in [3.63, 3.8) is 0 Å². The second-order valence-corrected chi connectivity index (χ2v) is 9.32. The van der Waals surface area contributed by atoms with Gasteiger partial charge < -0.3 is 9.15 Å². The highest BCUT2D eigenvalue weighted by atomic mass is 19.4. The molecule has 0 N–H and O–H groups in total. The van der Waals surface area contributed by atoms with Crippen molar-refractivity contribution in [1.82, 2.24) is 25.0 Å². The summed E-state index contributed by atoms with van der Waals surface area (Å²) in [4.78, 5) is 17.1. The number of halogens is 6. The van der Waals surface area contributed by atoms with E-state index in [1.54, 1.807) is 6.07 Å². The number of aromatic nitrogens is 5. The monoisotopic (exact) mass is 581 g/mol. The Labute approximate surface area is 230 Å². The highest BCUT2D eigenvalue weighted by Crippen LogP contribution is 2.33. The maximum Gasteiger partial charge on any atom is 0.573 e. The Morgan fingerprint density at radius 1 is 1.07 bits per heavy atom. The number of benzene rings is 1. The summed E-state index contributed by atoms with van der Waals surface area (Å²) in [6.07, 6.45) is -2.40. The van der Waals surface area contributed by atoms with Gasteiger partial charge in [-0.1, -0.05) is 31.4 Å². The predicted octanol–water partition coefficient (Wildman–Crippen LogP) is 6.75. The van der Waals surface area contributed by atoms with Gasteiger partial charge in [-0.05, 0) is 61.6 Å². The van der Waals surface area contributed by atoms with Gasteiger partial charge in [0, 0.05) is 11.8 Å². The van der Waals surface area contributed by atoms with E-state index in [1.807, 2.05) is 13.0 Å².